The summed E-state index contributed by atoms with van der Waals surface area (Å²) in [6, 6.07) is 18.9. The van der Waals surface area contributed by atoms with Crippen LogP contribution in [0.5, 0.6) is 0 Å². The number of anilines is 1. The predicted molar refractivity (Wildman–Crippen MR) is 166 cm³/mol. The van der Waals surface area contributed by atoms with Gasteiger partial charge >= 0.3 is 0 Å². The largest absolute Gasteiger partial charge is 0.388 e. The zero-order valence-electron chi connectivity index (χ0n) is 25.5. The molecule has 3 aliphatic heterocycles. The summed E-state index contributed by atoms with van der Waals surface area (Å²) in [4.78, 5) is 40.7. The molecule has 242 valence electrons. The number of ether oxygens (including phenoxy) is 2. The van der Waals surface area contributed by atoms with Crippen LogP contribution in [0.25, 0.3) is 0 Å². The average molecular weight is 633 g/mol. The summed E-state index contributed by atoms with van der Waals surface area (Å²) in [6.45, 7) is 1.29. The molecule has 3 fully saturated rings. The maximum Gasteiger partial charge on any atom is 0.249 e. The summed E-state index contributed by atoms with van der Waals surface area (Å²) in [5, 5.41) is 10.7. The molecule has 1 N–H and O–H groups in total. The number of nitrogens with zero attached hydrogens (tertiary/aromatic N) is 2. The molecule has 0 aliphatic carbocycles. The second kappa shape index (κ2) is 13.8. The number of hydrogen-bond acceptors (Lipinski definition) is 6. The monoisotopic (exact) mass is 632 g/mol. The normalized spacial score (nSPS) is 22.7. The Morgan fingerprint density at radius 1 is 1.02 bits per heavy atom. The fourth-order valence-electron chi connectivity index (χ4n) is 6.71. The number of amides is 2. The molecule has 4 unspecified atom stereocenters. The number of halogens is 2. The minimum absolute atomic E-state index is 0.0845. The zero-order valence-corrected chi connectivity index (χ0v) is 25.5. The molecular formula is C36H38F2N2O6. The number of carbonyl (C=O) groups is 3. The van der Waals surface area contributed by atoms with E-state index in [1.165, 1.54) is 24.3 Å². The number of likely N-dealkylation sites (tertiary alicyclic amines) is 1. The number of aliphatic hydroxyl groups is 1. The van der Waals surface area contributed by atoms with Crippen molar-refractivity contribution in [3.05, 3.63) is 101 Å². The second-order valence-electron chi connectivity index (χ2n) is 12.5. The first-order chi connectivity index (χ1) is 22.3. The van der Waals surface area contributed by atoms with Crippen molar-refractivity contribution in [3.8, 4) is 0 Å². The first-order valence-corrected chi connectivity index (χ1v) is 15.8. The van der Waals surface area contributed by atoms with E-state index in [2.05, 4.69) is 0 Å². The van der Waals surface area contributed by atoms with Crippen LogP contribution in [-0.2, 0) is 30.3 Å². The van der Waals surface area contributed by atoms with Gasteiger partial charge < -0.3 is 29.2 Å². The lowest BCUT2D eigenvalue weighted by Gasteiger charge is -2.48. The fourth-order valence-corrected chi connectivity index (χ4v) is 6.71. The molecule has 3 aromatic carbocycles. The lowest BCUT2D eigenvalue weighted by Crippen LogP contribution is -2.55. The Bertz CT molecular complexity index is 1530. The Kier molecular flexibility index (Phi) is 9.58. The summed E-state index contributed by atoms with van der Waals surface area (Å²) in [7, 11) is 0. The van der Waals surface area contributed by atoms with Crippen molar-refractivity contribution in [2.75, 3.05) is 31.3 Å². The zero-order chi connectivity index (χ0) is 32.3. The summed E-state index contributed by atoms with van der Waals surface area (Å²) in [6.07, 6.45) is 3.59. The number of aliphatic hydroxyl groups excluding tert-OH is 1. The number of benzene rings is 3. The van der Waals surface area contributed by atoms with Crippen LogP contribution in [0.2, 0.25) is 0 Å². The van der Waals surface area contributed by atoms with Crippen molar-refractivity contribution >= 4 is 23.8 Å². The molecule has 10 heteroatoms. The van der Waals surface area contributed by atoms with Crippen LogP contribution in [0.15, 0.2) is 72.8 Å². The van der Waals surface area contributed by atoms with Gasteiger partial charge in [0.25, 0.3) is 0 Å². The van der Waals surface area contributed by atoms with Gasteiger partial charge in [-0.05, 0) is 91.6 Å². The molecule has 6 rings (SSSR count). The molecule has 3 aliphatic rings. The van der Waals surface area contributed by atoms with Gasteiger partial charge in [0.05, 0.1) is 37.3 Å². The molecule has 0 radical (unpaired) electrons. The van der Waals surface area contributed by atoms with Crippen molar-refractivity contribution < 1.29 is 37.7 Å². The Labute approximate surface area is 266 Å². The van der Waals surface area contributed by atoms with Gasteiger partial charge in [-0.1, -0.05) is 36.4 Å². The quantitative estimate of drug-likeness (QED) is 0.208. The predicted octanol–water partition coefficient (Wildman–Crippen LogP) is 5.09. The lowest BCUT2D eigenvalue weighted by atomic mass is 9.78. The van der Waals surface area contributed by atoms with Gasteiger partial charge in [-0.3, -0.25) is 9.59 Å². The van der Waals surface area contributed by atoms with E-state index < -0.39 is 11.7 Å². The van der Waals surface area contributed by atoms with Crippen LogP contribution in [0.1, 0.15) is 60.9 Å². The van der Waals surface area contributed by atoms with Crippen LogP contribution in [0.3, 0.4) is 0 Å². The van der Waals surface area contributed by atoms with Gasteiger partial charge in [-0.2, -0.15) is 0 Å². The molecule has 2 amide bonds. The third-order valence-corrected chi connectivity index (χ3v) is 9.52. The van der Waals surface area contributed by atoms with Crippen molar-refractivity contribution in [2.45, 2.75) is 62.3 Å². The van der Waals surface area contributed by atoms with Crippen molar-refractivity contribution in [1.29, 1.82) is 0 Å². The third kappa shape index (κ3) is 6.74. The molecule has 3 aromatic rings. The van der Waals surface area contributed by atoms with E-state index in [4.69, 9.17) is 9.47 Å². The van der Waals surface area contributed by atoms with Crippen LogP contribution in [-0.4, -0.2) is 66.1 Å². The Hall–Kier alpha value is -3.99. The summed E-state index contributed by atoms with van der Waals surface area (Å²) < 4.78 is 38.6. The highest BCUT2D eigenvalue weighted by Gasteiger charge is 2.48. The molecule has 0 bridgehead atoms. The second-order valence-corrected chi connectivity index (χ2v) is 12.5. The van der Waals surface area contributed by atoms with Crippen LogP contribution < -0.4 is 4.90 Å². The highest BCUT2D eigenvalue weighted by molar-refractivity contribution is 6.03. The third-order valence-electron chi connectivity index (χ3n) is 9.52. The molecule has 3 saturated heterocycles. The van der Waals surface area contributed by atoms with E-state index in [0.29, 0.717) is 63.1 Å². The van der Waals surface area contributed by atoms with E-state index >= 15 is 0 Å². The summed E-state index contributed by atoms with van der Waals surface area (Å²) in [5.74, 6) is -1.43. The highest BCUT2D eigenvalue weighted by Crippen LogP contribution is 2.46. The summed E-state index contributed by atoms with van der Waals surface area (Å²) in [5.41, 5.74) is 2.62. The Balaban J connectivity index is 1.10. The Morgan fingerprint density at radius 2 is 1.70 bits per heavy atom. The van der Waals surface area contributed by atoms with Gasteiger partial charge in [0.1, 0.15) is 30.1 Å². The molecule has 0 spiro atoms. The highest BCUT2D eigenvalue weighted by atomic mass is 19.1. The molecule has 4 atom stereocenters. The number of aryl methyl sites for hydroxylation is 1. The van der Waals surface area contributed by atoms with Crippen molar-refractivity contribution in [2.24, 2.45) is 5.92 Å². The number of aldehydes is 1. The molecule has 0 aromatic heterocycles. The van der Waals surface area contributed by atoms with Gasteiger partial charge in [-0.15, -0.1) is 0 Å². The standard InChI is InChI=1S/C36H38F2N2O6/c37-27-9-7-25(8-10-27)32(42)16-15-31-34(40(35(31)44)29-13-11-28(38)12-14-29)26-5-3-24(4-6-26)17-18-36(22-45-23-36)46-21-33(43)39-19-1-2-30(39)20-41/h3-14,20,30-32,34,42H,1-2,15-19,21-23H2. The number of rotatable bonds is 13. The van der Waals surface area contributed by atoms with E-state index in [0.717, 1.165) is 23.8 Å². The van der Waals surface area contributed by atoms with Crippen molar-refractivity contribution in [1.82, 2.24) is 4.90 Å². The SMILES string of the molecule is O=CC1CCCN1C(=O)COC1(CCc2ccc(C3C(CCC(O)c4ccc(F)cc4)C(=O)N3c3ccc(F)cc3)cc2)COC1. The van der Waals surface area contributed by atoms with E-state index in [-0.39, 0.29) is 48.1 Å². The van der Waals surface area contributed by atoms with Gasteiger partial charge in [-0.25, -0.2) is 8.78 Å². The summed E-state index contributed by atoms with van der Waals surface area (Å²) >= 11 is 0. The fraction of sp³-hybridized carbons (Fsp3) is 0.417. The number of carbonyl (C=O) groups excluding carboxylic acids is 3. The average Bonchev–Trinajstić information content (AvgIpc) is 3.54. The molecule has 3 heterocycles. The van der Waals surface area contributed by atoms with E-state index in [1.807, 2.05) is 24.3 Å². The number of β-lactam (4-membered cyclic amide) rings is 1. The minimum Gasteiger partial charge on any atom is -0.388 e. The van der Waals surface area contributed by atoms with Crippen molar-refractivity contribution in [3.63, 3.8) is 0 Å². The molecule has 46 heavy (non-hydrogen) atoms. The van der Waals surface area contributed by atoms with Gasteiger partial charge in [0.15, 0.2) is 0 Å². The van der Waals surface area contributed by atoms with Crippen LogP contribution >= 0.6 is 0 Å². The smallest absolute Gasteiger partial charge is 0.249 e. The molecular weight excluding hydrogens is 594 g/mol. The van der Waals surface area contributed by atoms with E-state index in [1.54, 1.807) is 34.1 Å². The topological polar surface area (TPSA) is 96.4 Å². The minimum atomic E-state index is -0.835. The maximum absolute atomic E-state index is 13.7. The van der Waals surface area contributed by atoms with Gasteiger partial charge in [0, 0.05) is 12.2 Å². The number of hydrogen-bond donors (Lipinski definition) is 1. The first kappa shape index (κ1) is 32.0. The van der Waals surface area contributed by atoms with Crippen LogP contribution in [0, 0.1) is 17.6 Å². The van der Waals surface area contributed by atoms with Gasteiger partial charge in [0.2, 0.25) is 11.8 Å². The first-order valence-electron chi connectivity index (χ1n) is 15.8. The molecule has 0 saturated carbocycles. The van der Waals surface area contributed by atoms with Crippen LogP contribution in [0.4, 0.5) is 14.5 Å². The van der Waals surface area contributed by atoms with E-state index in [9.17, 15) is 28.3 Å². The maximum atomic E-state index is 13.7. The lowest BCUT2D eigenvalue weighted by molar-refractivity contribution is -0.214. The molecule has 8 nitrogen and oxygen atoms in total. The Morgan fingerprint density at radius 3 is 2.33 bits per heavy atom.